The molecule has 5 heteroatoms. The highest BCUT2D eigenvalue weighted by Crippen LogP contribution is 2.31. The van der Waals surface area contributed by atoms with Gasteiger partial charge < -0.3 is 5.11 Å². The van der Waals surface area contributed by atoms with Gasteiger partial charge in [0.2, 0.25) is 6.17 Å². The lowest BCUT2D eigenvalue weighted by Crippen LogP contribution is -2.20. The summed E-state index contributed by atoms with van der Waals surface area (Å²) in [7, 11) is 0. The zero-order valence-electron chi connectivity index (χ0n) is 6.83. The third kappa shape index (κ3) is 2.42. The molecule has 13 heavy (non-hydrogen) atoms. The number of carboxylic acid groups (broad SMARTS) is 1. The molecule has 0 fully saturated rings. The zero-order chi connectivity index (χ0) is 10.0. The molecule has 1 rings (SSSR count). The molecule has 0 aliphatic carbocycles. The van der Waals surface area contributed by atoms with E-state index in [-0.39, 0.29) is 0 Å². The third-order valence-corrected chi connectivity index (χ3v) is 3.15. The highest BCUT2D eigenvalue weighted by molar-refractivity contribution is 7.16. The lowest BCUT2D eigenvalue weighted by atomic mass is 10.0. The molecule has 0 radical (unpaired) electrons. The van der Waals surface area contributed by atoms with Crippen LogP contribution in [0, 0.1) is 0 Å². The van der Waals surface area contributed by atoms with Crippen molar-refractivity contribution in [3.05, 3.63) is 21.3 Å². The minimum Gasteiger partial charge on any atom is -0.479 e. The van der Waals surface area contributed by atoms with Crippen molar-refractivity contribution in [3.8, 4) is 0 Å². The number of hydrogen-bond donors (Lipinski definition) is 1. The van der Waals surface area contributed by atoms with Crippen LogP contribution in [0.25, 0.3) is 0 Å². The molecule has 1 N–H and O–H groups in total. The van der Waals surface area contributed by atoms with Gasteiger partial charge in [-0.15, -0.1) is 11.3 Å². The van der Waals surface area contributed by atoms with Crippen LogP contribution in [0.15, 0.2) is 12.1 Å². The lowest BCUT2D eigenvalue weighted by molar-refractivity contribution is -0.143. The molecule has 0 saturated heterocycles. The number of aliphatic carboxylic acids is 1. The van der Waals surface area contributed by atoms with Crippen molar-refractivity contribution in [1.82, 2.24) is 0 Å². The molecular formula is C8H8ClFO2S. The Morgan fingerprint density at radius 3 is 2.69 bits per heavy atom. The molecule has 2 nitrogen and oxygen atoms in total. The Balaban J connectivity index is 2.78. The number of carboxylic acids is 1. The molecular weight excluding hydrogens is 215 g/mol. The topological polar surface area (TPSA) is 37.3 Å². The highest BCUT2D eigenvalue weighted by atomic mass is 35.5. The molecule has 1 aromatic heterocycles. The Morgan fingerprint density at radius 2 is 2.31 bits per heavy atom. The molecule has 2 unspecified atom stereocenters. The summed E-state index contributed by atoms with van der Waals surface area (Å²) >= 11 is 6.84. The fraction of sp³-hybridized carbons (Fsp3) is 0.375. The summed E-state index contributed by atoms with van der Waals surface area (Å²) in [6.45, 7) is 1.53. The summed E-state index contributed by atoms with van der Waals surface area (Å²) < 4.78 is 13.5. The van der Waals surface area contributed by atoms with E-state index in [4.69, 9.17) is 16.7 Å². The van der Waals surface area contributed by atoms with Gasteiger partial charge in [0.1, 0.15) is 0 Å². The fourth-order valence-electron chi connectivity index (χ4n) is 0.931. The number of carbonyl (C=O) groups is 1. The van der Waals surface area contributed by atoms with Crippen molar-refractivity contribution in [2.45, 2.75) is 19.0 Å². The number of rotatable bonds is 3. The van der Waals surface area contributed by atoms with Crippen molar-refractivity contribution in [2.24, 2.45) is 0 Å². The lowest BCUT2D eigenvalue weighted by Gasteiger charge is -2.09. The van der Waals surface area contributed by atoms with E-state index in [1.54, 1.807) is 12.1 Å². The molecule has 0 spiro atoms. The maximum Gasteiger partial charge on any atom is 0.338 e. The van der Waals surface area contributed by atoms with Crippen LogP contribution in [0.3, 0.4) is 0 Å². The summed E-state index contributed by atoms with van der Waals surface area (Å²) in [5.41, 5.74) is 0. The molecule has 72 valence electrons. The summed E-state index contributed by atoms with van der Waals surface area (Å²) in [4.78, 5) is 11.0. The first-order valence-corrected chi connectivity index (χ1v) is 4.84. The molecule has 0 amide bonds. The molecule has 0 bridgehead atoms. The fourth-order valence-corrected chi connectivity index (χ4v) is 2.06. The maximum absolute atomic E-state index is 13.0. The van der Waals surface area contributed by atoms with Crippen molar-refractivity contribution in [1.29, 1.82) is 0 Å². The zero-order valence-corrected chi connectivity index (χ0v) is 8.40. The molecule has 0 aromatic carbocycles. The Morgan fingerprint density at radius 1 is 1.69 bits per heavy atom. The number of thiophene rings is 1. The number of alkyl halides is 1. The first kappa shape index (κ1) is 10.5. The molecule has 0 aliphatic heterocycles. The molecule has 0 saturated carbocycles. The van der Waals surface area contributed by atoms with Crippen LogP contribution in [-0.4, -0.2) is 17.2 Å². The Labute approximate surface area is 84.0 Å². The Kier molecular flexibility index (Phi) is 3.27. The second-order valence-corrected chi connectivity index (χ2v) is 4.42. The Hall–Kier alpha value is -0.610. The normalized spacial score (nSPS) is 15.3. The number of halogens is 2. The quantitative estimate of drug-likeness (QED) is 0.854. The van der Waals surface area contributed by atoms with Crippen LogP contribution in [0.4, 0.5) is 4.39 Å². The van der Waals surface area contributed by atoms with E-state index >= 15 is 0 Å². The first-order chi connectivity index (χ1) is 6.02. The van der Waals surface area contributed by atoms with E-state index in [1.807, 2.05) is 0 Å². The van der Waals surface area contributed by atoms with Gasteiger partial charge in [-0.25, -0.2) is 9.18 Å². The summed E-state index contributed by atoms with van der Waals surface area (Å²) in [6, 6.07) is 3.28. The van der Waals surface area contributed by atoms with Crippen molar-refractivity contribution in [2.75, 3.05) is 0 Å². The average Bonchev–Trinajstić information content (AvgIpc) is 2.49. The monoisotopic (exact) mass is 222 g/mol. The van der Waals surface area contributed by atoms with E-state index in [2.05, 4.69) is 0 Å². The van der Waals surface area contributed by atoms with E-state index in [1.165, 1.54) is 18.3 Å². The third-order valence-electron chi connectivity index (χ3n) is 1.72. The van der Waals surface area contributed by atoms with Gasteiger partial charge >= 0.3 is 5.97 Å². The second kappa shape index (κ2) is 4.07. The van der Waals surface area contributed by atoms with Crippen molar-refractivity contribution < 1.29 is 14.3 Å². The van der Waals surface area contributed by atoms with Gasteiger partial charge in [0, 0.05) is 10.8 Å². The predicted molar refractivity (Wildman–Crippen MR) is 50.3 cm³/mol. The van der Waals surface area contributed by atoms with Crippen LogP contribution < -0.4 is 0 Å². The van der Waals surface area contributed by atoms with E-state index in [0.29, 0.717) is 9.21 Å². The maximum atomic E-state index is 13.0. The van der Waals surface area contributed by atoms with Crippen LogP contribution in [0.2, 0.25) is 4.34 Å². The minimum absolute atomic E-state index is 0.541. The van der Waals surface area contributed by atoms with Crippen molar-refractivity contribution in [3.63, 3.8) is 0 Å². The standard InChI is InChI=1S/C8H8ClFO2S/c1-4(7(10)8(11)12)5-2-3-6(9)13-5/h2-4,7H,1H3,(H,11,12). The van der Waals surface area contributed by atoms with E-state index in [0.717, 1.165) is 0 Å². The molecule has 0 aliphatic rings. The summed E-state index contributed by atoms with van der Waals surface area (Å²) in [6.07, 6.45) is -1.87. The largest absolute Gasteiger partial charge is 0.479 e. The van der Waals surface area contributed by atoms with Gasteiger partial charge in [-0.05, 0) is 12.1 Å². The molecule has 1 heterocycles. The minimum atomic E-state index is -1.87. The van der Waals surface area contributed by atoms with Gasteiger partial charge in [0.05, 0.1) is 4.34 Å². The van der Waals surface area contributed by atoms with E-state index < -0.39 is 18.1 Å². The average molecular weight is 223 g/mol. The summed E-state index contributed by atoms with van der Waals surface area (Å²) in [5, 5.41) is 8.42. The summed E-state index contributed by atoms with van der Waals surface area (Å²) in [5.74, 6) is -2.08. The van der Waals surface area contributed by atoms with Crippen LogP contribution in [0.5, 0.6) is 0 Å². The smallest absolute Gasteiger partial charge is 0.338 e. The molecule has 1 aromatic rings. The van der Waals surface area contributed by atoms with Gasteiger partial charge in [0.15, 0.2) is 0 Å². The van der Waals surface area contributed by atoms with Gasteiger partial charge in [-0.1, -0.05) is 18.5 Å². The van der Waals surface area contributed by atoms with Gasteiger partial charge in [-0.2, -0.15) is 0 Å². The first-order valence-electron chi connectivity index (χ1n) is 3.64. The Bertz CT molecular complexity index is 313. The van der Waals surface area contributed by atoms with Crippen molar-refractivity contribution >= 4 is 28.9 Å². The van der Waals surface area contributed by atoms with Gasteiger partial charge in [-0.3, -0.25) is 0 Å². The second-order valence-electron chi connectivity index (χ2n) is 2.67. The van der Waals surface area contributed by atoms with Crippen LogP contribution >= 0.6 is 22.9 Å². The number of hydrogen-bond acceptors (Lipinski definition) is 2. The SMILES string of the molecule is CC(c1ccc(Cl)s1)C(F)C(=O)O. The van der Waals surface area contributed by atoms with E-state index in [9.17, 15) is 9.18 Å². The predicted octanol–water partition coefficient (Wildman–Crippen LogP) is 2.93. The highest BCUT2D eigenvalue weighted by Gasteiger charge is 2.26. The van der Waals surface area contributed by atoms with Crippen LogP contribution in [0.1, 0.15) is 17.7 Å². The van der Waals surface area contributed by atoms with Crippen LogP contribution in [-0.2, 0) is 4.79 Å². The van der Waals surface area contributed by atoms with Gasteiger partial charge in [0.25, 0.3) is 0 Å². The molecule has 2 atom stereocenters.